The monoisotopic (exact) mass is 360 g/mol. The summed E-state index contributed by atoms with van der Waals surface area (Å²) >= 11 is 0. The van der Waals surface area contributed by atoms with Gasteiger partial charge in [0.05, 0.1) is 11.6 Å². The van der Waals surface area contributed by atoms with Gasteiger partial charge >= 0.3 is 0 Å². The molecule has 1 aromatic heterocycles. The Bertz CT molecular complexity index is 703. The average molecular weight is 360 g/mol. The summed E-state index contributed by atoms with van der Waals surface area (Å²) in [5.74, 6) is 1.43. The second-order valence-electron chi connectivity index (χ2n) is 8.27. The smallest absolute Gasteiger partial charge is 0.258 e. The fraction of sp³-hybridized carbons (Fsp3) is 0.750. The third kappa shape index (κ3) is 2.87. The van der Waals surface area contributed by atoms with Gasteiger partial charge in [-0.1, -0.05) is 6.92 Å². The summed E-state index contributed by atoms with van der Waals surface area (Å²) in [7, 11) is 0. The zero-order chi connectivity index (χ0) is 18.4. The molecular formula is C20H29FN4O. The third-order valence-electron chi connectivity index (χ3n) is 6.58. The van der Waals surface area contributed by atoms with Gasteiger partial charge in [-0.05, 0) is 58.3 Å². The molecule has 1 aliphatic heterocycles. The summed E-state index contributed by atoms with van der Waals surface area (Å²) in [6, 6.07) is 2.23. The number of carbonyl (C=O) groups excluding carboxylic acids is 1. The Balaban J connectivity index is 1.57. The van der Waals surface area contributed by atoms with Gasteiger partial charge in [-0.2, -0.15) is 0 Å². The molecule has 0 radical (unpaired) electrons. The normalized spacial score (nSPS) is 29.8. The topological polar surface area (TPSA) is 58.1 Å². The van der Waals surface area contributed by atoms with E-state index in [1.165, 1.54) is 0 Å². The van der Waals surface area contributed by atoms with E-state index in [0.29, 0.717) is 12.8 Å². The Labute approximate surface area is 154 Å². The largest absolute Gasteiger partial charge is 0.351 e. The van der Waals surface area contributed by atoms with Crippen molar-refractivity contribution in [2.24, 2.45) is 0 Å². The van der Waals surface area contributed by atoms with E-state index in [-0.39, 0.29) is 17.5 Å². The molecule has 1 saturated heterocycles. The third-order valence-corrected chi connectivity index (χ3v) is 6.58. The average Bonchev–Trinajstić information content (AvgIpc) is 3.29. The molecule has 1 aromatic rings. The summed E-state index contributed by atoms with van der Waals surface area (Å²) in [5, 5.41) is 3.18. The minimum atomic E-state index is -1.66. The van der Waals surface area contributed by atoms with Crippen molar-refractivity contribution in [1.29, 1.82) is 0 Å². The highest BCUT2D eigenvalue weighted by molar-refractivity contribution is 5.86. The molecule has 5 nitrogen and oxygen atoms in total. The van der Waals surface area contributed by atoms with E-state index < -0.39 is 5.67 Å². The molecule has 4 rings (SSSR count). The molecule has 142 valence electrons. The molecular weight excluding hydrogens is 331 g/mol. The number of hydrogen-bond acceptors (Lipinski definition) is 4. The van der Waals surface area contributed by atoms with E-state index in [0.717, 1.165) is 68.8 Å². The molecule has 26 heavy (non-hydrogen) atoms. The number of hydrogen-bond donors (Lipinski definition) is 1. The van der Waals surface area contributed by atoms with E-state index >= 15 is 0 Å². The fourth-order valence-corrected chi connectivity index (χ4v) is 5.18. The molecule has 2 atom stereocenters. The van der Waals surface area contributed by atoms with Crippen LogP contribution in [0.1, 0.15) is 69.8 Å². The number of alkyl halides is 1. The first-order chi connectivity index (χ1) is 12.5. The van der Waals surface area contributed by atoms with Crippen molar-refractivity contribution < 1.29 is 9.18 Å². The zero-order valence-electron chi connectivity index (χ0n) is 15.9. The van der Waals surface area contributed by atoms with Crippen LogP contribution in [0.5, 0.6) is 0 Å². The van der Waals surface area contributed by atoms with Crippen LogP contribution in [0, 0.1) is 6.92 Å². The van der Waals surface area contributed by atoms with Crippen molar-refractivity contribution in [1.82, 2.24) is 15.3 Å². The Hall–Kier alpha value is -1.72. The standard InChI is InChI=1S/C20H29FN4O/c1-3-16-22-14(2)13-17(23-16)25-12-11-20(10-6-7-15(20)25)24-18(26)19(21)8-4-5-9-19/h13,15H,3-12H2,1-2H3,(H,24,26). The lowest BCUT2D eigenvalue weighted by Gasteiger charge is -2.35. The highest BCUT2D eigenvalue weighted by atomic mass is 19.1. The molecule has 3 fully saturated rings. The first-order valence-electron chi connectivity index (χ1n) is 10.1. The van der Waals surface area contributed by atoms with Crippen LogP contribution in [-0.4, -0.2) is 39.7 Å². The van der Waals surface area contributed by atoms with Gasteiger partial charge < -0.3 is 10.2 Å². The van der Waals surface area contributed by atoms with Gasteiger partial charge in [-0.15, -0.1) is 0 Å². The van der Waals surface area contributed by atoms with Crippen LogP contribution in [0.2, 0.25) is 0 Å². The number of aromatic nitrogens is 2. The molecule has 2 heterocycles. The minimum absolute atomic E-state index is 0.204. The summed E-state index contributed by atoms with van der Waals surface area (Å²) in [6.45, 7) is 4.91. The maximum atomic E-state index is 14.9. The number of nitrogens with one attached hydrogen (secondary N) is 1. The lowest BCUT2D eigenvalue weighted by atomic mass is 9.91. The van der Waals surface area contributed by atoms with E-state index in [4.69, 9.17) is 4.98 Å². The molecule has 1 amide bonds. The molecule has 2 saturated carbocycles. The van der Waals surface area contributed by atoms with Crippen molar-refractivity contribution in [2.45, 2.75) is 88.9 Å². The SMILES string of the molecule is CCc1nc(C)cc(N2CCC3(NC(=O)C4(F)CCCC4)CCCC23)n1. The maximum Gasteiger partial charge on any atom is 0.258 e. The predicted octanol–water partition coefficient (Wildman–Crippen LogP) is 3.25. The zero-order valence-corrected chi connectivity index (χ0v) is 15.9. The summed E-state index contributed by atoms with van der Waals surface area (Å²) in [6.07, 6.45) is 7.04. The highest BCUT2D eigenvalue weighted by Crippen LogP contribution is 2.44. The first kappa shape index (κ1) is 17.7. The van der Waals surface area contributed by atoms with Gasteiger partial charge in [-0.25, -0.2) is 14.4 Å². The van der Waals surface area contributed by atoms with Gasteiger partial charge in [0.25, 0.3) is 5.91 Å². The van der Waals surface area contributed by atoms with Crippen LogP contribution < -0.4 is 10.2 Å². The Kier molecular flexibility index (Phi) is 4.40. The molecule has 2 aliphatic carbocycles. The number of anilines is 1. The first-order valence-corrected chi connectivity index (χ1v) is 10.1. The van der Waals surface area contributed by atoms with Crippen LogP contribution in [0.4, 0.5) is 10.2 Å². The Morgan fingerprint density at radius 2 is 2.04 bits per heavy atom. The number of carbonyl (C=O) groups is 1. The van der Waals surface area contributed by atoms with E-state index in [9.17, 15) is 9.18 Å². The van der Waals surface area contributed by atoms with Gasteiger partial charge in [0.15, 0.2) is 5.67 Å². The number of aryl methyl sites for hydroxylation is 2. The van der Waals surface area contributed by atoms with Crippen molar-refractivity contribution in [3.05, 3.63) is 17.6 Å². The number of rotatable bonds is 4. The summed E-state index contributed by atoms with van der Waals surface area (Å²) < 4.78 is 14.9. The lowest BCUT2D eigenvalue weighted by Crippen LogP contribution is -2.58. The molecule has 0 bridgehead atoms. The van der Waals surface area contributed by atoms with Crippen LogP contribution in [-0.2, 0) is 11.2 Å². The van der Waals surface area contributed by atoms with Crippen molar-refractivity contribution in [3.8, 4) is 0 Å². The van der Waals surface area contributed by atoms with E-state index in [1.807, 2.05) is 13.0 Å². The molecule has 1 N–H and O–H groups in total. The fourth-order valence-electron chi connectivity index (χ4n) is 5.18. The number of amides is 1. The van der Waals surface area contributed by atoms with Gasteiger partial charge in [0, 0.05) is 24.7 Å². The maximum absolute atomic E-state index is 14.9. The lowest BCUT2D eigenvalue weighted by molar-refractivity contribution is -0.134. The molecule has 3 aliphatic rings. The van der Waals surface area contributed by atoms with Crippen LogP contribution in [0.3, 0.4) is 0 Å². The molecule has 0 aromatic carbocycles. The Morgan fingerprint density at radius 1 is 1.27 bits per heavy atom. The van der Waals surface area contributed by atoms with Gasteiger partial charge in [0.2, 0.25) is 0 Å². The summed E-state index contributed by atoms with van der Waals surface area (Å²) in [4.78, 5) is 24.3. The Morgan fingerprint density at radius 3 is 2.77 bits per heavy atom. The molecule has 2 unspecified atom stereocenters. The number of nitrogens with zero attached hydrogens (tertiary/aromatic N) is 3. The molecule has 6 heteroatoms. The quantitative estimate of drug-likeness (QED) is 0.895. The van der Waals surface area contributed by atoms with Crippen molar-refractivity contribution in [3.63, 3.8) is 0 Å². The highest BCUT2D eigenvalue weighted by Gasteiger charge is 2.54. The number of fused-ring (bicyclic) bond motifs is 1. The number of halogens is 1. The predicted molar refractivity (Wildman–Crippen MR) is 98.9 cm³/mol. The van der Waals surface area contributed by atoms with E-state index in [2.05, 4.69) is 22.1 Å². The minimum Gasteiger partial charge on any atom is -0.351 e. The molecule has 0 spiro atoms. The van der Waals surface area contributed by atoms with Crippen LogP contribution >= 0.6 is 0 Å². The van der Waals surface area contributed by atoms with Crippen molar-refractivity contribution in [2.75, 3.05) is 11.4 Å². The second kappa shape index (κ2) is 6.46. The van der Waals surface area contributed by atoms with Crippen LogP contribution in [0.25, 0.3) is 0 Å². The second-order valence-corrected chi connectivity index (χ2v) is 8.27. The van der Waals surface area contributed by atoms with E-state index in [1.54, 1.807) is 0 Å². The van der Waals surface area contributed by atoms with Crippen LogP contribution in [0.15, 0.2) is 6.07 Å². The van der Waals surface area contributed by atoms with Crippen molar-refractivity contribution >= 4 is 11.7 Å². The summed E-state index contributed by atoms with van der Waals surface area (Å²) in [5.41, 5.74) is -0.986. The van der Waals surface area contributed by atoms with Gasteiger partial charge in [0.1, 0.15) is 11.6 Å². The van der Waals surface area contributed by atoms with Gasteiger partial charge in [-0.3, -0.25) is 4.79 Å².